The number of aromatic amines is 1. The second-order valence-corrected chi connectivity index (χ2v) is 5.99. The van der Waals surface area contributed by atoms with Gasteiger partial charge in [-0.05, 0) is 44.8 Å². The molecule has 0 bridgehead atoms. The van der Waals surface area contributed by atoms with Crippen molar-refractivity contribution in [3.05, 3.63) is 17.5 Å². The summed E-state index contributed by atoms with van der Waals surface area (Å²) in [5.74, 6) is 0.559. The number of hydrogen-bond donors (Lipinski definition) is 2. The minimum absolute atomic E-state index is 0.0528. The Morgan fingerprint density at radius 3 is 2.75 bits per heavy atom. The summed E-state index contributed by atoms with van der Waals surface area (Å²) in [6.45, 7) is 4.00. The fourth-order valence-electron chi connectivity index (χ4n) is 2.83. The molecule has 2 fully saturated rings. The smallest absolute Gasteiger partial charge is 0.271 e. The van der Waals surface area contributed by atoms with E-state index in [-0.39, 0.29) is 5.91 Å². The van der Waals surface area contributed by atoms with Crippen molar-refractivity contribution in [1.29, 1.82) is 0 Å². The zero-order valence-electron chi connectivity index (χ0n) is 12.0. The van der Waals surface area contributed by atoms with Crippen molar-refractivity contribution in [1.82, 2.24) is 20.4 Å². The maximum absolute atomic E-state index is 12.0. The van der Waals surface area contributed by atoms with Crippen LogP contribution < -0.4 is 5.32 Å². The van der Waals surface area contributed by atoms with Gasteiger partial charge in [0.05, 0.1) is 0 Å². The molecule has 1 aliphatic heterocycles. The molecule has 0 radical (unpaired) electrons. The van der Waals surface area contributed by atoms with Gasteiger partial charge in [-0.1, -0.05) is 12.8 Å². The van der Waals surface area contributed by atoms with E-state index in [2.05, 4.69) is 20.4 Å². The van der Waals surface area contributed by atoms with Crippen molar-refractivity contribution < 1.29 is 4.79 Å². The molecule has 2 heterocycles. The third-order valence-corrected chi connectivity index (χ3v) is 4.26. The minimum Gasteiger partial charge on any atom is -0.349 e. The van der Waals surface area contributed by atoms with Gasteiger partial charge in [0.1, 0.15) is 5.69 Å². The molecule has 0 spiro atoms. The van der Waals surface area contributed by atoms with Crippen molar-refractivity contribution in [3.8, 4) is 0 Å². The van der Waals surface area contributed by atoms with Gasteiger partial charge in [-0.2, -0.15) is 5.10 Å². The number of aromatic nitrogens is 2. The summed E-state index contributed by atoms with van der Waals surface area (Å²) in [7, 11) is 0. The van der Waals surface area contributed by atoms with Crippen LogP contribution in [0, 0.1) is 0 Å². The molecule has 1 aromatic heterocycles. The summed E-state index contributed by atoms with van der Waals surface area (Å²) in [5.41, 5.74) is 1.64. The van der Waals surface area contributed by atoms with Gasteiger partial charge in [-0.25, -0.2) is 0 Å². The van der Waals surface area contributed by atoms with E-state index in [4.69, 9.17) is 0 Å². The predicted molar refractivity (Wildman–Crippen MR) is 77.8 cm³/mol. The number of amides is 1. The second-order valence-electron chi connectivity index (χ2n) is 5.99. The number of nitrogens with zero attached hydrogens (tertiary/aromatic N) is 2. The Labute approximate surface area is 120 Å². The van der Waals surface area contributed by atoms with Crippen molar-refractivity contribution in [2.75, 3.05) is 26.2 Å². The van der Waals surface area contributed by atoms with Crippen LogP contribution in [0.3, 0.4) is 0 Å². The summed E-state index contributed by atoms with van der Waals surface area (Å²) in [6, 6.07) is 1.90. The maximum Gasteiger partial charge on any atom is 0.271 e. The Kier molecular flexibility index (Phi) is 4.35. The van der Waals surface area contributed by atoms with E-state index in [0.717, 1.165) is 12.2 Å². The van der Waals surface area contributed by atoms with E-state index < -0.39 is 0 Å². The number of H-pyrrole nitrogens is 1. The van der Waals surface area contributed by atoms with Crippen LogP contribution >= 0.6 is 0 Å². The number of rotatable bonds is 5. The minimum atomic E-state index is -0.0528. The first-order chi connectivity index (χ1) is 9.83. The molecule has 0 atom stereocenters. The monoisotopic (exact) mass is 276 g/mol. The van der Waals surface area contributed by atoms with E-state index >= 15 is 0 Å². The number of hydrogen-bond acceptors (Lipinski definition) is 3. The van der Waals surface area contributed by atoms with Gasteiger partial charge in [0, 0.05) is 24.7 Å². The predicted octanol–water partition coefficient (Wildman–Crippen LogP) is 1.89. The molecule has 1 saturated heterocycles. The van der Waals surface area contributed by atoms with Crippen LogP contribution in [0.2, 0.25) is 0 Å². The zero-order valence-corrected chi connectivity index (χ0v) is 12.0. The Hall–Kier alpha value is -1.36. The highest BCUT2D eigenvalue weighted by Crippen LogP contribution is 2.38. The van der Waals surface area contributed by atoms with Crippen molar-refractivity contribution in [3.63, 3.8) is 0 Å². The Morgan fingerprint density at radius 2 is 2.05 bits per heavy atom. The summed E-state index contributed by atoms with van der Waals surface area (Å²) in [5, 5.41) is 10.1. The first-order valence-corrected chi connectivity index (χ1v) is 7.89. The van der Waals surface area contributed by atoms with Crippen molar-refractivity contribution in [2.24, 2.45) is 0 Å². The number of carbonyl (C=O) groups excluding carboxylic acids is 1. The molecule has 0 aromatic carbocycles. The van der Waals surface area contributed by atoms with Gasteiger partial charge in [0.25, 0.3) is 5.91 Å². The average Bonchev–Trinajstić information content (AvgIpc) is 3.23. The molecule has 1 aromatic rings. The van der Waals surface area contributed by atoms with Crippen LogP contribution in [-0.2, 0) is 0 Å². The van der Waals surface area contributed by atoms with E-state index in [1.807, 2.05) is 6.07 Å². The summed E-state index contributed by atoms with van der Waals surface area (Å²) in [4.78, 5) is 14.5. The molecule has 2 aliphatic rings. The highest BCUT2D eigenvalue weighted by molar-refractivity contribution is 5.92. The Bertz CT molecular complexity index is 444. The highest BCUT2D eigenvalue weighted by atomic mass is 16.1. The Morgan fingerprint density at radius 1 is 1.30 bits per heavy atom. The first-order valence-electron chi connectivity index (χ1n) is 7.89. The number of likely N-dealkylation sites (tertiary alicyclic amines) is 1. The van der Waals surface area contributed by atoms with Crippen LogP contribution in [-0.4, -0.2) is 47.2 Å². The van der Waals surface area contributed by atoms with E-state index in [1.165, 1.54) is 51.6 Å². The first kappa shape index (κ1) is 13.6. The number of carbonyl (C=O) groups is 1. The molecular formula is C15H24N4O. The van der Waals surface area contributed by atoms with Crippen LogP contribution in [0.15, 0.2) is 6.07 Å². The third kappa shape index (κ3) is 3.60. The third-order valence-electron chi connectivity index (χ3n) is 4.26. The lowest BCUT2D eigenvalue weighted by Crippen LogP contribution is -2.35. The summed E-state index contributed by atoms with van der Waals surface area (Å²) >= 11 is 0. The van der Waals surface area contributed by atoms with Crippen LogP contribution in [0.4, 0.5) is 0 Å². The second kappa shape index (κ2) is 6.39. The lowest BCUT2D eigenvalue weighted by atomic mass is 10.2. The lowest BCUT2D eigenvalue weighted by molar-refractivity contribution is 0.0943. The molecular weight excluding hydrogens is 252 g/mol. The fraction of sp³-hybridized carbons (Fsp3) is 0.733. The molecule has 0 unspecified atom stereocenters. The molecule has 5 nitrogen and oxygen atoms in total. The summed E-state index contributed by atoms with van der Waals surface area (Å²) < 4.78 is 0. The maximum atomic E-state index is 12.0. The van der Waals surface area contributed by atoms with Crippen LogP contribution in [0.5, 0.6) is 0 Å². The number of nitrogens with one attached hydrogen (secondary N) is 2. The van der Waals surface area contributed by atoms with Crippen molar-refractivity contribution in [2.45, 2.75) is 44.4 Å². The van der Waals surface area contributed by atoms with Gasteiger partial charge in [-0.15, -0.1) is 0 Å². The highest BCUT2D eigenvalue weighted by Gasteiger charge is 2.26. The molecule has 5 heteroatoms. The lowest BCUT2D eigenvalue weighted by Gasteiger charge is -2.19. The van der Waals surface area contributed by atoms with Gasteiger partial charge in [0.2, 0.25) is 0 Å². The van der Waals surface area contributed by atoms with Crippen LogP contribution in [0.1, 0.15) is 60.6 Å². The molecule has 20 heavy (non-hydrogen) atoms. The molecule has 1 amide bonds. The molecule has 2 N–H and O–H groups in total. The molecule has 1 aliphatic carbocycles. The fourth-order valence-corrected chi connectivity index (χ4v) is 2.83. The summed E-state index contributed by atoms with van der Waals surface area (Å²) in [6.07, 6.45) is 7.71. The quantitative estimate of drug-likeness (QED) is 0.863. The van der Waals surface area contributed by atoms with Gasteiger partial charge in [0.15, 0.2) is 0 Å². The van der Waals surface area contributed by atoms with Gasteiger partial charge < -0.3 is 10.2 Å². The largest absolute Gasteiger partial charge is 0.349 e. The van der Waals surface area contributed by atoms with Gasteiger partial charge >= 0.3 is 0 Å². The van der Waals surface area contributed by atoms with Gasteiger partial charge in [-0.3, -0.25) is 9.89 Å². The molecule has 110 valence electrons. The molecule has 3 rings (SSSR count). The van der Waals surface area contributed by atoms with E-state index in [1.54, 1.807) is 0 Å². The van der Waals surface area contributed by atoms with Crippen LogP contribution in [0.25, 0.3) is 0 Å². The SMILES string of the molecule is O=C(NCCN1CCCCCC1)c1cc(C2CC2)[nH]n1. The standard InChI is InChI=1S/C15H24N4O/c20-15(14-11-13(17-18-14)12-5-6-12)16-7-10-19-8-3-1-2-4-9-19/h11-12H,1-10H2,(H,16,20)(H,17,18). The topological polar surface area (TPSA) is 61.0 Å². The van der Waals surface area contributed by atoms with Crippen molar-refractivity contribution >= 4 is 5.91 Å². The molecule has 1 saturated carbocycles. The Balaban J connectivity index is 1.41. The zero-order chi connectivity index (χ0) is 13.8. The van der Waals surface area contributed by atoms with E-state index in [0.29, 0.717) is 18.2 Å². The average molecular weight is 276 g/mol. The van der Waals surface area contributed by atoms with E-state index in [9.17, 15) is 4.79 Å². The normalized spacial score (nSPS) is 20.6.